The summed E-state index contributed by atoms with van der Waals surface area (Å²) in [7, 11) is -2.58. The Morgan fingerprint density at radius 2 is 1.56 bits per heavy atom. The van der Waals surface area contributed by atoms with Crippen LogP contribution < -0.4 is 14.4 Å². The van der Waals surface area contributed by atoms with Gasteiger partial charge in [0.15, 0.2) is 0 Å². The number of nitrogens with zero attached hydrogens (tertiary/aromatic N) is 2. The molecule has 0 saturated carbocycles. The molecule has 1 atom stereocenters. The molecule has 0 aliphatic rings. The molecule has 3 rings (SSSR count). The lowest BCUT2D eigenvalue weighted by atomic mass is 10.1. The topological polar surface area (TPSA) is 96.0 Å². The van der Waals surface area contributed by atoms with Crippen molar-refractivity contribution in [1.82, 2.24) is 10.2 Å². The predicted octanol–water partition coefficient (Wildman–Crippen LogP) is 4.80. The second-order valence-corrected chi connectivity index (χ2v) is 11.3. The van der Waals surface area contributed by atoms with Crippen LogP contribution in [0.3, 0.4) is 0 Å². The monoisotopic (exact) mass is 571 g/mol. The Balaban J connectivity index is 2.04. The van der Waals surface area contributed by atoms with Crippen LogP contribution in [0.1, 0.15) is 31.4 Å². The van der Waals surface area contributed by atoms with Crippen LogP contribution in [0.5, 0.6) is 5.75 Å². The minimum absolute atomic E-state index is 0.00209. The van der Waals surface area contributed by atoms with E-state index in [2.05, 4.69) is 5.32 Å². The number of ether oxygens (including phenoxy) is 1. The lowest BCUT2D eigenvalue weighted by Crippen LogP contribution is -2.52. The Hall–Kier alpha value is -3.56. The van der Waals surface area contributed by atoms with Gasteiger partial charge in [-0.1, -0.05) is 48.4 Å². The van der Waals surface area contributed by atoms with Crippen molar-refractivity contribution >= 4 is 39.1 Å². The molecule has 0 unspecified atom stereocenters. The largest absolute Gasteiger partial charge is 0.497 e. The number of likely N-dealkylation sites (N-methyl/N-ethyl adjacent to an activating group) is 1. The zero-order valence-electron chi connectivity index (χ0n) is 22.6. The summed E-state index contributed by atoms with van der Waals surface area (Å²) < 4.78 is 33.9. The van der Waals surface area contributed by atoms with Crippen LogP contribution in [0.25, 0.3) is 0 Å². The minimum Gasteiger partial charge on any atom is -0.497 e. The highest BCUT2D eigenvalue weighted by atomic mass is 35.5. The molecule has 0 saturated heterocycles. The van der Waals surface area contributed by atoms with Crippen LogP contribution in [0, 0.1) is 6.92 Å². The van der Waals surface area contributed by atoms with Crippen molar-refractivity contribution in [1.29, 1.82) is 0 Å². The fraction of sp³-hybridized carbons (Fsp3) is 0.310. The first-order chi connectivity index (χ1) is 18.6. The molecular formula is C29H34ClN3O5S. The average molecular weight is 572 g/mol. The summed E-state index contributed by atoms with van der Waals surface area (Å²) in [6, 6.07) is 19.0. The molecule has 0 fully saturated rings. The molecular weight excluding hydrogens is 538 g/mol. The Morgan fingerprint density at radius 3 is 2.10 bits per heavy atom. The maximum absolute atomic E-state index is 14.0. The lowest BCUT2D eigenvalue weighted by molar-refractivity contribution is -0.140. The molecule has 208 valence electrons. The van der Waals surface area contributed by atoms with E-state index in [0.717, 1.165) is 15.4 Å². The number of aryl methyl sites for hydroxylation is 1. The van der Waals surface area contributed by atoms with Gasteiger partial charge in [0.2, 0.25) is 11.8 Å². The number of benzene rings is 3. The zero-order chi connectivity index (χ0) is 28.6. The zero-order valence-corrected chi connectivity index (χ0v) is 24.1. The molecule has 0 aliphatic heterocycles. The third-order valence-electron chi connectivity index (χ3n) is 6.25. The van der Waals surface area contributed by atoms with Crippen molar-refractivity contribution in [3.63, 3.8) is 0 Å². The van der Waals surface area contributed by atoms with Gasteiger partial charge in [0.1, 0.15) is 18.3 Å². The Kier molecular flexibility index (Phi) is 10.4. The maximum atomic E-state index is 14.0. The summed E-state index contributed by atoms with van der Waals surface area (Å²) >= 11 is 5.99. The SMILES string of the molecule is CCNC(=O)[C@H](CC)N(Cc1ccc(OC)cc1)C(=O)CN(c1ccc(C)cc1)S(=O)(=O)c1ccc(Cl)cc1. The lowest BCUT2D eigenvalue weighted by Gasteiger charge is -2.33. The van der Waals surface area contributed by atoms with Gasteiger partial charge < -0.3 is 15.0 Å². The molecule has 3 aromatic rings. The second-order valence-electron chi connectivity index (χ2n) is 8.99. The number of carbonyl (C=O) groups is 2. The molecule has 0 heterocycles. The van der Waals surface area contributed by atoms with Gasteiger partial charge in [-0.3, -0.25) is 13.9 Å². The Labute approximate surface area is 235 Å². The van der Waals surface area contributed by atoms with E-state index < -0.39 is 28.5 Å². The van der Waals surface area contributed by atoms with E-state index in [0.29, 0.717) is 29.4 Å². The number of hydrogen-bond acceptors (Lipinski definition) is 5. The van der Waals surface area contributed by atoms with Crippen molar-refractivity contribution in [2.24, 2.45) is 0 Å². The number of amides is 2. The van der Waals surface area contributed by atoms with Gasteiger partial charge in [-0.15, -0.1) is 0 Å². The fourth-order valence-electron chi connectivity index (χ4n) is 4.11. The minimum atomic E-state index is -4.15. The maximum Gasteiger partial charge on any atom is 0.264 e. The third kappa shape index (κ3) is 7.52. The summed E-state index contributed by atoms with van der Waals surface area (Å²) in [5.41, 5.74) is 2.05. The molecule has 0 aliphatic carbocycles. The Bertz CT molecular complexity index is 1360. The standard InChI is InChI=1S/C29H34ClN3O5S/c1-5-27(29(35)31-6-2)32(19-22-9-15-25(38-4)16-10-22)28(34)20-33(24-13-7-21(3)8-14-24)39(36,37)26-17-11-23(30)12-18-26/h7-18,27H,5-6,19-20H2,1-4H3,(H,31,35)/t27-/m0/s1. The number of hydrogen-bond donors (Lipinski definition) is 1. The van der Waals surface area contributed by atoms with Crippen molar-refractivity contribution in [3.05, 3.63) is 88.9 Å². The van der Waals surface area contributed by atoms with E-state index in [1.165, 1.54) is 29.2 Å². The molecule has 0 aromatic heterocycles. The Morgan fingerprint density at radius 1 is 0.949 bits per heavy atom. The predicted molar refractivity (Wildman–Crippen MR) is 153 cm³/mol. The van der Waals surface area contributed by atoms with Gasteiger partial charge in [0, 0.05) is 18.1 Å². The summed E-state index contributed by atoms with van der Waals surface area (Å²) in [6.07, 6.45) is 0.349. The van der Waals surface area contributed by atoms with Crippen LogP contribution >= 0.6 is 11.6 Å². The summed E-state index contributed by atoms with van der Waals surface area (Å²) in [5.74, 6) is -0.154. The number of nitrogens with one attached hydrogen (secondary N) is 1. The van der Waals surface area contributed by atoms with Crippen molar-refractivity contribution in [2.45, 2.75) is 44.7 Å². The highest BCUT2D eigenvalue weighted by Gasteiger charge is 2.33. The first-order valence-electron chi connectivity index (χ1n) is 12.7. The first-order valence-corrected chi connectivity index (χ1v) is 14.5. The fourth-order valence-corrected chi connectivity index (χ4v) is 5.65. The molecule has 0 bridgehead atoms. The van der Waals surface area contributed by atoms with Gasteiger partial charge in [-0.25, -0.2) is 8.42 Å². The summed E-state index contributed by atoms with van der Waals surface area (Å²) in [6.45, 7) is 5.53. The molecule has 0 radical (unpaired) electrons. The van der Waals surface area contributed by atoms with Crippen LogP contribution in [0.15, 0.2) is 77.7 Å². The van der Waals surface area contributed by atoms with Gasteiger partial charge in [0.25, 0.3) is 10.0 Å². The molecule has 1 N–H and O–H groups in total. The van der Waals surface area contributed by atoms with E-state index in [1.807, 2.05) is 26.0 Å². The van der Waals surface area contributed by atoms with Gasteiger partial charge in [-0.05, 0) is 74.4 Å². The molecule has 2 amide bonds. The van der Waals surface area contributed by atoms with Crippen molar-refractivity contribution in [2.75, 3.05) is 24.5 Å². The third-order valence-corrected chi connectivity index (χ3v) is 8.29. The van der Waals surface area contributed by atoms with Gasteiger partial charge in [-0.2, -0.15) is 0 Å². The normalized spacial score (nSPS) is 11.9. The molecule has 8 nitrogen and oxygen atoms in total. The molecule has 10 heteroatoms. The van der Waals surface area contributed by atoms with Crippen LogP contribution in [0.2, 0.25) is 5.02 Å². The van der Waals surface area contributed by atoms with Gasteiger partial charge >= 0.3 is 0 Å². The van der Waals surface area contributed by atoms with Crippen LogP contribution in [-0.2, 0) is 26.2 Å². The number of sulfonamides is 1. The number of halogens is 1. The quantitative estimate of drug-likeness (QED) is 0.337. The van der Waals surface area contributed by atoms with Crippen LogP contribution in [-0.4, -0.2) is 51.4 Å². The van der Waals surface area contributed by atoms with Crippen LogP contribution in [0.4, 0.5) is 5.69 Å². The number of methoxy groups -OCH3 is 1. The van der Waals surface area contributed by atoms with Crippen molar-refractivity contribution in [3.8, 4) is 5.75 Å². The van der Waals surface area contributed by atoms with E-state index in [-0.39, 0.29) is 17.3 Å². The molecule has 39 heavy (non-hydrogen) atoms. The second kappa shape index (κ2) is 13.5. The van der Waals surface area contributed by atoms with E-state index in [4.69, 9.17) is 16.3 Å². The van der Waals surface area contributed by atoms with E-state index in [1.54, 1.807) is 50.4 Å². The number of carbonyl (C=O) groups excluding carboxylic acids is 2. The van der Waals surface area contributed by atoms with E-state index in [9.17, 15) is 18.0 Å². The van der Waals surface area contributed by atoms with E-state index >= 15 is 0 Å². The highest BCUT2D eigenvalue weighted by molar-refractivity contribution is 7.92. The summed E-state index contributed by atoms with van der Waals surface area (Å²) in [5, 5.41) is 3.19. The number of rotatable bonds is 12. The molecule has 0 spiro atoms. The van der Waals surface area contributed by atoms with Gasteiger partial charge in [0.05, 0.1) is 17.7 Å². The number of anilines is 1. The van der Waals surface area contributed by atoms with Crippen molar-refractivity contribution < 1.29 is 22.7 Å². The summed E-state index contributed by atoms with van der Waals surface area (Å²) in [4.78, 5) is 28.4. The highest BCUT2D eigenvalue weighted by Crippen LogP contribution is 2.26. The molecule has 3 aromatic carbocycles. The average Bonchev–Trinajstić information content (AvgIpc) is 2.92. The first kappa shape index (κ1) is 30.0. The smallest absolute Gasteiger partial charge is 0.264 e.